The van der Waals surface area contributed by atoms with Gasteiger partial charge in [-0.1, -0.05) is 12.7 Å². The second-order valence-electron chi connectivity index (χ2n) is 2.70. The van der Waals surface area contributed by atoms with Crippen LogP contribution in [0, 0.1) is 0 Å². The van der Waals surface area contributed by atoms with Crippen molar-refractivity contribution < 1.29 is 9.53 Å². The summed E-state index contributed by atoms with van der Waals surface area (Å²) in [6, 6.07) is 3.47. The van der Waals surface area contributed by atoms with E-state index in [0.717, 1.165) is 16.7 Å². The largest absolute Gasteiger partial charge is 0.496 e. The zero-order chi connectivity index (χ0) is 9.84. The topological polar surface area (TPSA) is 26.3 Å². The number of benzene rings is 1. The minimum Gasteiger partial charge on any atom is -0.496 e. The van der Waals surface area contributed by atoms with Crippen molar-refractivity contribution in [3.8, 4) is 5.75 Å². The van der Waals surface area contributed by atoms with Crippen LogP contribution in [0.3, 0.4) is 0 Å². The van der Waals surface area contributed by atoms with Crippen LogP contribution in [-0.2, 0) is 0 Å². The van der Waals surface area contributed by atoms with Crippen molar-refractivity contribution in [2.75, 3.05) is 7.11 Å². The highest BCUT2D eigenvalue weighted by molar-refractivity contribution is 5.75. The van der Waals surface area contributed by atoms with Gasteiger partial charge in [0, 0.05) is 10.8 Å². The van der Waals surface area contributed by atoms with Gasteiger partial charge < -0.3 is 4.74 Å². The number of ether oxygens (including phenoxy) is 1. The number of carbonyl (C=O) groups is 1. The van der Waals surface area contributed by atoms with E-state index >= 15 is 0 Å². The quantitative estimate of drug-likeness (QED) is 0.621. The molecule has 0 fully saturated rings. The van der Waals surface area contributed by atoms with E-state index in [-0.39, 0.29) is 0 Å². The second kappa shape index (κ2) is 3.90. The Kier molecular flexibility index (Phi) is 2.85. The zero-order valence-corrected chi connectivity index (χ0v) is 7.83. The number of rotatable bonds is 2. The number of carbonyl (C=O) groups excluding carboxylic acids is 1. The number of methoxy groups -OCH3 is 1. The Bertz CT molecular complexity index is 418. The molecule has 0 atom stereocenters. The zero-order valence-electron chi connectivity index (χ0n) is 7.83. The molecule has 1 rings (SSSR count). The van der Waals surface area contributed by atoms with Crippen molar-refractivity contribution in [1.82, 2.24) is 0 Å². The lowest BCUT2D eigenvalue weighted by molar-refractivity contribution is 0.112. The fraction of sp³-hybridized carbons (Fsp3) is 0.182. The molecule has 0 aliphatic heterocycles. The van der Waals surface area contributed by atoms with Gasteiger partial charge in [0.25, 0.3) is 0 Å². The molecule has 0 spiro atoms. The van der Waals surface area contributed by atoms with E-state index in [2.05, 4.69) is 6.58 Å². The predicted octanol–water partition coefficient (Wildman–Crippen LogP) is 0.718. The Morgan fingerprint density at radius 3 is 2.62 bits per heavy atom. The maximum Gasteiger partial charge on any atom is 0.150 e. The highest BCUT2D eigenvalue weighted by atomic mass is 16.5. The van der Waals surface area contributed by atoms with Gasteiger partial charge in [-0.15, -0.1) is 0 Å². The molecule has 0 unspecified atom stereocenters. The molecular formula is C11H12O2. The summed E-state index contributed by atoms with van der Waals surface area (Å²) < 4.78 is 5.09. The molecule has 0 radical (unpaired) electrons. The van der Waals surface area contributed by atoms with Crippen molar-refractivity contribution in [3.05, 3.63) is 28.1 Å². The van der Waals surface area contributed by atoms with Gasteiger partial charge in [0.1, 0.15) is 12.0 Å². The highest BCUT2D eigenvalue weighted by Gasteiger charge is 1.97. The van der Waals surface area contributed by atoms with Crippen LogP contribution in [0.15, 0.2) is 12.1 Å². The van der Waals surface area contributed by atoms with E-state index in [1.165, 1.54) is 0 Å². The molecule has 0 amide bonds. The fourth-order valence-corrected chi connectivity index (χ4v) is 1.20. The van der Waals surface area contributed by atoms with Crippen LogP contribution in [0.4, 0.5) is 0 Å². The Morgan fingerprint density at radius 1 is 1.46 bits per heavy atom. The summed E-state index contributed by atoms with van der Waals surface area (Å²) >= 11 is 0. The van der Waals surface area contributed by atoms with Gasteiger partial charge in [-0.05, 0) is 24.3 Å². The average Bonchev–Trinajstić information content (AvgIpc) is 2.18. The summed E-state index contributed by atoms with van der Waals surface area (Å²) in [5.41, 5.74) is 0.609. The molecule has 2 heteroatoms. The Labute approximate surface area is 77.2 Å². The standard InChI is InChI=1S/C11H12O2/c1-4-10-5-9(7-12)6-11(13-3)8(10)2/h4-7H,2H2,1,3H3/b10-4-. The van der Waals surface area contributed by atoms with Crippen LogP contribution >= 0.6 is 0 Å². The number of aldehydes is 1. The van der Waals surface area contributed by atoms with Crippen LogP contribution in [-0.4, -0.2) is 13.4 Å². The molecule has 2 nitrogen and oxygen atoms in total. The molecule has 0 aliphatic carbocycles. The van der Waals surface area contributed by atoms with Crippen molar-refractivity contribution in [3.63, 3.8) is 0 Å². The first-order valence-corrected chi connectivity index (χ1v) is 4.01. The molecular weight excluding hydrogens is 164 g/mol. The molecule has 0 heterocycles. The number of hydrogen-bond acceptors (Lipinski definition) is 2. The summed E-state index contributed by atoms with van der Waals surface area (Å²) in [7, 11) is 1.57. The smallest absolute Gasteiger partial charge is 0.150 e. The van der Waals surface area contributed by atoms with E-state index in [1.807, 2.05) is 13.0 Å². The number of hydrogen-bond donors (Lipinski definition) is 0. The summed E-state index contributed by atoms with van der Waals surface area (Å²) in [5, 5.41) is 1.75. The molecule has 1 aromatic rings. The molecule has 0 bridgehead atoms. The van der Waals surface area contributed by atoms with Crippen LogP contribution < -0.4 is 15.2 Å². The highest BCUT2D eigenvalue weighted by Crippen LogP contribution is 2.01. The van der Waals surface area contributed by atoms with Crippen molar-refractivity contribution in [1.29, 1.82) is 0 Å². The maximum atomic E-state index is 10.6. The van der Waals surface area contributed by atoms with Gasteiger partial charge >= 0.3 is 0 Å². The van der Waals surface area contributed by atoms with Crippen molar-refractivity contribution in [2.24, 2.45) is 0 Å². The molecule has 13 heavy (non-hydrogen) atoms. The Balaban J connectivity index is 3.57. The van der Waals surface area contributed by atoms with Crippen LogP contribution in [0.5, 0.6) is 5.75 Å². The van der Waals surface area contributed by atoms with Gasteiger partial charge in [-0.25, -0.2) is 0 Å². The third-order valence-corrected chi connectivity index (χ3v) is 1.93. The minimum atomic E-state index is 0.609. The summed E-state index contributed by atoms with van der Waals surface area (Å²) in [4.78, 5) is 10.6. The van der Waals surface area contributed by atoms with Gasteiger partial charge in [-0.2, -0.15) is 0 Å². The normalized spacial score (nSPS) is 11.4. The molecule has 0 saturated carbocycles. The first-order valence-electron chi connectivity index (χ1n) is 4.01. The van der Waals surface area contributed by atoms with Crippen molar-refractivity contribution >= 4 is 18.9 Å². The summed E-state index contributed by atoms with van der Waals surface area (Å²) in [5.74, 6) is 0.651. The van der Waals surface area contributed by atoms with Crippen molar-refractivity contribution in [2.45, 2.75) is 6.92 Å². The third-order valence-electron chi connectivity index (χ3n) is 1.93. The van der Waals surface area contributed by atoms with Gasteiger partial charge in [0.05, 0.1) is 7.11 Å². The molecule has 0 aliphatic rings. The SMILES string of the molecule is C=c1c(OC)cc(C=O)c/c1=C/C. The van der Waals surface area contributed by atoms with E-state index in [0.29, 0.717) is 11.3 Å². The molecule has 0 saturated heterocycles. The predicted molar refractivity (Wildman–Crippen MR) is 53.3 cm³/mol. The second-order valence-corrected chi connectivity index (χ2v) is 2.70. The Hall–Kier alpha value is -1.57. The first kappa shape index (κ1) is 9.52. The van der Waals surface area contributed by atoms with Gasteiger partial charge in [0.15, 0.2) is 0 Å². The lowest BCUT2D eigenvalue weighted by atomic mass is 10.1. The minimum absolute atomic E-state index is 0.609. The third kappa shape index (κ3) is 1.78. The van der Waals surface area contributed by atoms with E-state index < -0.39 is 0 Å². The maximum absolute atomic E-state index is 10.6. The monoisotopic (exact) mass is 176 g/mol. The Morgan fingerprint density at radius 2 is 2.15 bits per heavy atom. The molecule has 68 valence electrons. The van der Waals surface area contributed by atoms with Crippen LogP contribution in [0.2, 0.25) is 0 Å². The fourth-order valence-electron chi connectivity index (χ4n) is 1.20. The lowest BCUT2D eigenvalue weighted by Gasteiger charge is -2.01. The summed E-state index contributed by atoms with van der Waals surface area (Å²) in [6.45, 7) is 5.77. The first-order chi connectivity index (χ1) is 6.22. The van der Waals surface area contributed by atoms with Gasteiger partial charge in [-0.3, -0.25) is 4.79 Å². The summed E-state index contributed by atoms with van der Waals surface area (Å²) in [6.07, 6.45) is 2.70. The average molecular weight is 176 g/mol. The van der Waals surface area contributed by atoms with E-state index in [1.54, 1.807) is 19.2 Å². The molecule has 1 aromatic carbocycles. The van der Waals surface area contributed by atoms with Gasteiger partial charge in [0.2, 0.25) is 0 Å². The van der Waals surface area contributed by atoms with Crippen LogP contribution in [0.25, 0.3) is 12.7 Å². The lowest BCUT2D eigenvalue weighted by Crippen LogP contribution is -2.25. The van der Waals surface area contributed by atoms with Crippen LogP contribution in [0.1, 0.15) is 17.3 Å². The molecule has 0 aromatic heterocycles. The van der Waals surface area contributed by atoms with E-state index in [9.17, 15) is 4.79 Å². The molecule has 0 N–H and O–H groups in total. The van der Waals surface area contributed by atoms with E-state index in [4.69, 9.17) is 4.74 Å².